The van der Waals surface area contributed by atoms with Gasteiger partial charge in [0.05, 0.1) is 0 Å². The lowest BCUT2D eigenvalue weighted by molar-refractivity contribution is 0.692. The molecule has 2 rings (SSSR count). The van der Waals surface area contributed by atoms with Crippen molar-refractivity contribution in [2.75, 3.05) is 5.32 Å². The first-order valence-electron chi connectivity index (χ1n) is 5.11. The van der Waals surface area contributed by atoms with E-state index in [1.807, 2.05) is 0 Å². The highest BCUT2D eigenvalue weighted by molar-refractivity contribution is 5.34. The Balaban J connectivity index is 1.94. The first-order valence-corrected chi connectivity index (χ1v) is 5.11. The first-order chi connectivity index (χ1) is 6.81. The Bertz CT molecular complexity index is 360. The Hall–Kier alpha value is -1.32. The van der Waals surface area contributed by atoms with Gasteiger partial charge in [-0.15, -0.1) is 0 Å². The summed E-state index contributed by atoms with van der Waals surface area (Å²) in [6, 6.07) is 0.464. The fourth-order valence-corrected chi connectivity index (χ4v) is 1.74. The molecule has 1 aromatic heterocycles. The minimum atomic E-state index is -0.130. The molecular formula is C10H15N3O. The molecule has 1 fully saturated rings. The van der Waals surface area contributed by atoms with Crippen LogP contribution in [0.4, 0.5) is 5.82 Å². The van der Waals surface area contributed by atoms with Gasteiger partial charge in [-0.2, -0.15) is 0 Å². The number of hydrogen-bond donors (Lipinski definition) is 2. The molecule has 1 aliphatic rings. The lowest BCUT2D eigenvalue weighted by Gasteiger charge is -2.02. The predicted molar refractivity (Wildman–Crippen MR) is 55.3 cm³/mol. The summed E-state index contributed by atoms with van der Waals surface area (Å²) in [5.74, 6) is 1.19. The van der Waals surface area contributed by atoms with Crippen LogP contribution < -0.4 is 10.9 Å². The van der Waals surface area contributed by atoms with Crippen LogP contribution in [0.3, 0.4) is 0 Å². The molecule has 0 spiro atoms. The monoisotopic (exact) mass is 193 g/mol. The van der Waals surface area contributed by atoms with Gasteiger partial charge in [-0.3, -0.25) is 4.79 Å². The Kier molecular flexibility index (Phi) is 2.52. The van der Waals surface area contributed by atoms with Crippen molar-refractivity contribution < 1.29 is 0 Å². The zero-order chi connectivity index (χ0) is 9.97. The quantitative estimate of drug-likeness (QED) is 0.759. The van der Waals surface area contributed by atoms with Crippen LogP contribution in [0.2, 0.25) is 0 Å². The highest BCUT2D eigenvalue weighted by atomic mass is 16.1. The maximum absolute atomic E-state index is 11.3. The van der Waals surface area contributed by atoms with Crippen molar-refractivity contribution in [3.63, 3.8) is 0 Å². The number of hydrogen-bond acceptors (Lipinski definition) is 3. The minimum absolute atomic E-state index is 0.130. The van der Waals surface area contributed by atoms with Gasteiger partial charge in [-0.05, 0) is 18.8 Å². The van der Waals surface area contributed by atoms with Gasteiger partial charge in [-0.1, -0.05) is 13.3 Å². The lowest BCUT2D eigenvalue weighted by atomic mass is 10.2. The SMILES string of the molecule is CCCC1CC1Nc1ncc[nH]c1=O. The average Bonchev–Trinajstić information content (AvgIpc) is 2.89. The topological polar surface area (TPSA) is 57.8 Å². The maximum atomic E-state index is 11.3. The van der Waals surface area contributed by atoms with E-state index in [9.17, 15) is 4.79 Å². The van der Waals surface area contributed by atoms with E-state index < -0.39 is 0 Å². The van der Waals surface area contributed by atoms with Crippen LogP contribution in [0, 0.1) is 5.92 Å². The number of aromatic nitrogens is 2. The zero-order valence-corrected chi connectivity index (χ0v) is 8.29. The fraction of sp³-hybridized carbons (Fsp3) is 0.600. The fourth-order valence-electron chi connectivity index (χ4n) is 1.74. The van der Waals surface area contributed by atoms with Crippen LogP contribution in [0.15, 0.2) is 17.2 Å². The summed E-state index contributed by atoms with van der Waals surface area (Å²) in [6.45, 7) is 2.18. The van der Waals surface area contributed by atoms with Crippen molar-refractivity contribution in [2.45, 2.75) is 32.2 Å². The van der Waals surface area contributed by atoms with Crippen molar-refractivity contribution in [2.24, 2.45) is 5.92 Å². The van der Waals surface area contributed by atoms with Crippen molar-refractivity contribution >= 4 is 5.82 Å². The molecule has 0 aliphatic heterocycles. The number of nitrogens with zero attached hydrogens (tertiary/aromatic N) is 1. The van der Waals surface area contributed by atoms with E-state index >= 15 is 0 Å². The van der Waals surface area contributed by atoms with Crippen LogP contribution in [-0.2, 0) is 0 Å². The molecule has 4 heteroatoms. The summed E-state index contributed by atoms with van der Waals surface area (Å²) in [7, 11) is 0. The number of nitrogens with one attached hydrogen (secondary N) is 2. The van der Waals surface area contributed by atoms with Gasteiger partial charge in [-0.25, -0.2) is 4.98 Å². The molecule has 0 saturated heterocycles. The van der Waals surface area contributed by atoms with E-state index in [0.717, 1.165) is 5.92 Å². The smallest absolute Gasteiger partial charge is 0.290 e. The van der Waals surface area contributed by atoms with Crippen molar-refractivity contribution in [3.05, 3.63) is 22.7 Å². The van der Waals surface area contributed by atoms with Crippen molar-refractivity contribution in [1.29, 1.82) is 0 Å². The normalized spacial score (nSPS) is 24.6. The van der Waals surface area contributed by atoms with Gasteiger partial charge in [0.1, 0.15) is 0 Å². The van der Waals surface area contributed by atoms with Gasteiger partial charge in [0.15, 0.2) is 5.82 Å². The third kappa shape index (κ3) is 1.95. The average molecular weight is 193 g/mol. The van der Waals surface area contributed by atoms with Crippen LogP contribution in [0.5, 0.6) is 0 Å². The molecule has 4 nitrogen and oxygen atoms in total. The van der Waals surface area contributed by atoms with Gasteiger partial charge in [0.2, 0.25) is 0 Å². The van der Waals surface area contributed by atoms with Gasteiger partial charge < -0.3 is 10.3 Å². The number of aromatic amines is 1. The van der Waals surface area contributed by atoms with E-state index in [1.54, 1.807) is 12.4 Å². The number of rotatable bonds is 4. The second-order valence-corrected chi connectivity index (χ2v) is 3.80. The third-order valence-electron chi connectivity index (χ3n) is 2.61. The third-order valence-corrected chi connectivity index (χ3v) is 2.61. The van der Waals surface area contributed by atoms with Gasteiger partial charge in [0, 0.05) is 18.4 Å². The summed E-state index contributed by atoms with van der Waals surface area (Å²) >= 11 is 0. The molecule has 2 unspecified atom stereocenters. The Labute approximate surface area is 82.8 Å². The van der Waals surface area contributed by atoms with Crippen LogP contribution in [0.1, 0.15) is 26.2 Å². The predicted octanol–water partition coefficient (Wildman–Crippen LogP) is 1.37. The zero-order valence-electron chi connectivity index (χ0n) is 8.29. The van der Waals surface area contributed by atoms with Crippen molar-refractivity contribution in [1.82, 2.24) is 9.97 Å². The Morgan fingerprint density at radius 2 is 2.57 bits per heavy atom. The number of H-pyrrole nitrogens is 1. The summed E-state index contributed by atoms with van der Waals surface area (Å²) in [6.07, 6.45) is 6.76. The summed E-state index contributed by atoms with van der Waals surface area (Å²) in [4.78, 5) is 17.9. The standard InChI is InChI=1S/C10H15N3O/c1-2-3-7-6-8(7)13-9-10(14)12-5-4-11-9/h4-5,7-8H,2-3,6H2,1H3,(H,11,13)(H,12,14). The first kappa shape index (κ1) is 9.24. The van der Waals surface area contributed by atoms with Crippen LogP contribution in [-0.4, -0.2) is 16.0 Å². The molecule has 1 saturated carbocycles. The summed E-state index contributed by atoms with van der Waals surface area (Å²) in [5, 5.41) is 3.16. The second kappa shape index (κ2) is 3.82. The van der Waals surface area contributed by atoms with Gasteiger partial charge >= 0.3 is 0 Å². The van der Waals surface area contributed by atoms with Crippen LogP contribution in [0.25, 0.3) is 0 Å². The van der Waals surface area contributed by atoms with E-state index in [1.165, 1.54) is 19.3 Å². The molecular weight excluding hydrogens is 178 g/mol. The summed E-state index contributed by atoms with van der Waals surface area (Å²) < 4.78 is 0. The molecule has 1 heterocycles. The molecule has 2 N–H and O–H groups in total. The highest BCUT2D eigenvalue weighted by Crippen LogP contribution is 2.36. The number of anilines is 1. The molecule has 0 bridgehead atoms. The molecule has 1 aromatic rings. The second-order valence-electron chi connectivity index (χ2n) is 3.80. The Morgan fingerprint density at radius 3 is 3.29 bits per heavy atom. The summed E-state index contributed by atoms with van der Waals surface area (Å²) in [5.41, 5.74) is -0.130. The lowest BCUT2D eigenvalue weighted by Crippen LogP contribution is -2.17. The molecule has 76 valence electrons. The largest absolute Gasteiger partial charge is 0.362 e. The van der Waals surface area contributed by atoms with Gasteiger partial charge in [0.25, 0.3) is 5.56 Å². The van der Waals surface area contributed by atoms with E-state index in [2.05, 4.69) is 22.2 Å². The minimum Gasteiger partial charge on any atom is -0.362 e. The molecule has 1 aliphatic carbocycles. The molecule has 2 atom stereocenters. The Morgan fingerprint density at radius 1 is 1.71 bits per heavy atom. The van der Waals surface area contributed by atoms with E-state index in [4.69, 9.17) is 0 Å². The maximum Gasteiger partial charge on any atom is 0.290 e. The molecule has 14 heavy (non-hydrogen) atoms. The van der Waals surface area contributed by atoms with E-state index in [-0.39, 0.29) is 5.56 Å². The van der Waals surface area contributed by atoms with Crippen LogP contribution >= 0.6 is 0 Å². The molecule has 0 amide bonds. The molecule has 0 aromatic carbocycles. The van der Waals surface area contributed by atoms with E-state index in [0.29, 0.717) is 11.9 Å². The highest BCUT2D eigenvalue weighted by Gasteiger charge is 2.36. The molecule has 0 radical (unpaired) electrons. The van der Waals surface area contributed by atoms with Crippen molar-refractivity contribution in [3.8, 4) is 0 Å².